The third-order valence-corrected chi connectivity index (χ3v) is 5.30. The van der Waals surface area contributed by atoms with Crippen molar-refractivity contribution in [3.8, 4) is 5.75 Å². The molecule has 2 atom stereocenters. The standard InChI is InChI=1S/C24H23NO3/c1-27-20-15-13-19(14-16-20)22-23(28-2)24(26)25(22)21(17-9-5-3-6-10-17)18-11-7-4-8-12-18/h3-16,21-23H,1-2H3/t22-,23+/m1/s1. The molecule has 4 heteroatoms. The predicted molar refractivity (Wildman–Crippen MR) is 108 cm³/mol. The molecule has 0 N–H and O–H groups in total. The van der Waals surface area contributed by atoms with Crippen LogP contribution in [0.1, 0.15) is 28.8 Å². The third kappa shape index (κ3) is 3.16. The van der Waals surface area contributed by atoms with Gasteiger partial charge in [0.25, 0.3) is 5.91 Å². The largest absolute Gasteiger partial charge is 0.497 e. The summed E-state index contributed by atoms with van der Waals surface area (Å²) in [5.41, 5.74) is 3.19. The molecule has 142 valence electrons. The fourth-order valence-corrected chi connectivity index (χ4v) is 3.92. The number of β-lactam (4-membered cyclic amide) rings is 1. The van der Waals surface area contributed by atoms with Crippen LogP contribution in [-0.4, -0.2) is 31.1 Å². The van der Waals surface area contributed by atoms with E-state index in [9.17, 15) is 4.79 Å². The fraction of sp³-hybridized carbons (Fsp3) is 0.208. The van der Waals surface area contributed by atoms with Crippen LogP contribution in [0.2, 0.25) is 0 Å². The highest BCUT2D eigenvalue weighted by Gasteiger charge is 2.52. The van der Waals surface area contributed by atoms with Crippen molar-refractivity contribution < 1.29 is 14.3 Å². The minimum absolute atomic E-state index is 0.000948. The maximum atomic E-state index is 13.1. The Morgan fingerprint density at radius 2 is 1.32 bits per heavy atom. The molecule has 1 aliphatic rings. The molecule has 1 fully saturated rings. The Kier molecular flexibility index (Phi) is 5.13. The lowest BCUT2D eigenvalue weighted by Crippen LogP contribution is -2.60. The molecule has 3 aromatic carbocycles. The smallest absolute Gasteiger partial charge is 0.255 e. The Morgan fingerprint density at radius 1 is 0.786 bits per heavy atom. The van der Waals surface area contributed by atoms with Gasteiger partial charge in [-0.1, -0.05) is 72.8 Å². The van der Waals surface area contributed by atoms with Crippen molar-refractivity contribution in [2.24, 2.45) is 0 Å². The van der Waals surface area contributed by atoms with E-state index in [4.69, 9.17) is 9.47 Å². The molecule has 0 aromatic heterocycles. The molecule has 28 heavy (non-hydrogen) atoms. The first-order chi connectivity index (χ1) is 13.7. The first-order valence-electron chi connectivity index (χ1n) is 9.33. The molecule has 0 radical (unpaired) electrons. The second-order valence-electron chi connectivity index (χ2n) is 6.84. The van der Waals surface area contributed by atoms with Crippen LogP contribution in [0.25, 0.3) is 0 Å². The number of hydrogen-bond donors (Lipinski definition) is 0. The zero-order chi connectivity index (χ0) is 19.5. The van der Waals surface area contributed by atoms with Crippen LogP contribution in [0.4, 0.5) is 0 Å². The Hall–Kier alpha value is -3.11. The summed E-state index contributed by atoms with van der Waals surface area (Å²) in [5.74, 6) is 0.790. The Bertz CT molecular complexity index is 886. The molecule has 0 bridgehead atoms. The molecule has 0 saturated carbocycles. The van der Waals surface area contributed by atoms with Crippen molar-refractivity contribution in [2.75, 3.05) is 14.2 Å². The minimum atomic E-state index is -0.483. The maximum absolute atomic E-state index is 13.1. The van der Waals surface area contributed by atoms with Crippen LogP contribution in [-0.2, 0) is 9.53 Å². The number of rotatable bonds is 6. The second-order valence-corrected chi connectivity index (χ2v) is 6.84. The zero-order valence-corrected chi connectivity index (χ0v) is 16.0. The van der Waals surface area contributed by atoms with Gasteiger partial charge in [-0.25, -0.2) is 0 Å². The highest BCUT2D eigenvalue weighted by Crippen LogP contribution is 2.45. The van der Waals surface area contributed by atoms with E-state index >= 15 is 0 Å². The number of nitrogens with zero attached hydrogens (tertiary/aromatic N) is 1. The van der Waals surface area contributed by atoms with Gasteiger partial charge in [-0.05, 0) is 28.8 Å². The molecule has 4 nitrogen and oxygen atoms in total. The van der Waals surface area contributed by atoms with Gasteiger partial charge in [0.2, 0.25) is 0 Å². The lowest BCUT2D eigenvalue weighted by Gasteiger charge is -2.50. The topological polar surface area (TPSA) is 38.8 Å². The van der Waals surface area contributed by atoms with Gasteiger partial charge in [0.1, 0.15) is 5.75 Å². The van der Waals surface area contributed by atoms with E-state index in [1.807, 2.05) is 65.6 Å². The molecule has 1 saturated heterocycles. The molecule has 0 aliphatic carbocycles. The zero-order valence-electron chi connectivity index (χ0n) is 16.0. The molecule has 1 amide bonds. The summed E-state index contributed by atoms with van der Waals surface area (Å²) in [4.78, 5) is 15.0. The molecule has 0 spiro atoms. The molecular formula is C24H23NO3. The summed E-state index contributed by atoms with van der Waals surface area (Å²) in [6, 6.07) is 27.8. The van der Waals surface area contributed by atoms with E-state index in [0.29, 0.717) is 0 Å². The molecule has 1 aliphatic heterocycles. The predicted octanol–water partition coefficient (Wildman–Crippen LogP) is 4.38. The van der Waals surface area contributed by atoms with Gasteiger partial charge in [0.15, 0.2) is 6.10 Å². The van der Waals surface area contributed by atoms with Crippen molar-refractivity contribution in [2.45, 2.75) is 18.2 Å². The van der Waals surface area contributed by atoms with Gasteiger partial charge in [-0.3, -0.25) is 4.79 Å². The number of ether oxygens (including phenoxy) is 2. The van der Waals surface area contributed by atoms with Gasteiger partial charge in [-0.2, -0.15) is 0 Å². The Labute approximate surface area is 165 Å². The van der Waals surface area contributed by atoms with E-state index < -0.39 is 6.10 Å². The summed E-state index contributed by atoms with van der Waals surface area (Å²) in [6.45, 7) is 0. The SMILES string of the molecule is COc1ccc([C@@H]2[C@H](OC)C(=O)N2C(c2ccccc2)c2ccccc2)cc1. The third-order valence-electron chi connectivity index (χ3n) is 5.30. The van der Waals surface area contributed by atoms with Gasteiger partial charge in [0.05, 0.1) is 19.2 Å². The average molecular weight is 373 g/mol. The Morgan fingerprint density at radius 3 is 1.79 bits per heavy atom. The van der Waals surface area contributed by atoms with Crippen molar-refractivity contribution in [1.82, 2.24) is 4.90 Å². The fourth-order valence-electron chi connectivity index (χ4n) is 3.92. The van der Waals surface area contributed by atoms with Crippen molar-refractivity contribution in [1.29, 1.82) is 0 Å². The van der Waals surface area contributed by atoms with Crippen molar-refractivity contribution in [3.05, 3.63) is 102 Å². The number of likely N-dealkylation sites (tertiary alicyclic amines) is 1. The highest BCUT2D eigenvalue weighted by atomic mass is 16.5. The normalized spacial score (nSPS) is 18.8. The number of methoxy groups -OCH3 is 2. The molecule has 0 unspecified atom stereocenters. The first kappa shape index (κ1) is 18.3. The summed E-state index contributed by atoms with van der Waals surface area (Å²) < 4.78 is 10.8. The number of carbonyl (C=O) groups excluding carboxylic acids is 1. The first-order valence-corrected chi connectivity index (χ1v) is 9.33. The summed E-state index contributed by atoms with van der Waals surface area (Å²) in [6.07, 6.45) is -0.483. The van der Waals surface area contributed by atoms with Crippen LogP contribution < -0.4 is 4.74 Å². The minimum Gasteiger partial charge on any atom is -0.497 e. The number of carbonyl (C=O) groups is 1. The number of hydrogen-bond acceptors (Lipinski definition) is 3. The quantitative estimate of drug-likeness (QED) is 0.602. The van der Waals surface area contributed by atoms with Crippen molar-refractivity contribution in [3.63, 3.8) is 0 Å². The molecule has 1 heterocycles. The highest BCUT2D eigenvalue weighted by molar-refractivity contribution is 5.90. The summed E-state index contributed by atoms with van der Waals surface area (Å²) >= 11 is 0. The van der Waals surface area contributed by atoms with Gasteiger partial charge >= 0.3 is 0 Å². The molecule has 3 aromatic rings. The van der Waals surface area contributed by atoms with Gasteiger partial charge < -0.3 is 14.4 Å². The van der Waals surface area contributed by atoms with E-state index in [1.165, 1.54) is 0 Å². The van der Waals surface area contributed by atoms with E-state index in [0.717, 1.165) is 22.4 Å². The summed E-state index contributed by atoms with van der Waals surface area (Å²) in [5, 5.41) is 0. The summed E-state index contributed by atoms with van der Waals surface area (Å²) in [7, 11) is 3.24. The van der Waals surface area contributed by atoms with E-state index in [2.05, 4.69) is 24.3 Å². The van der Waals surface area contributed by atoms with Crippen molar-refractivity contribution >= 4 is 5.91 Å². The average Bonchev–Trinajstić information content (AvgIpc) is 2.77. The lowest BCUT2D eigenvalue weighted by atomic mass is 9.84. The van der Waals surface area contributed by atoms with E-state index in [-0.39, 0.29) is 18.0 Å². The lowest BCUT2D eigenvalue weighted by molar-refractivity contribution is -0.175. The monoisotopic (exact) mass is 373 g/mol. The maximum Gasteiger partial charge on any atom is 0.255 e. The van der Waals surface area contributed by atoms with E-state index in [1.54, 1.807) is 14.2 Å². The number of amides is 1. The molecular weight excluding hydrogens is 350 g/mol. The second kappa shape index (κ2) is 7.87. The van der Waals surface area contributed by atoms with Gasteiger partial charge in [-0.15, -0.1) is 0 Å². The van der Waals surface area contributed by atoms with Crippen LogP contribution in [0, 0.1) is 0 Å². The van der Waals surface area contributed by atoms with Gasteiger partial charge in [0, 0.05) is 7.11 Å². The van der Waals surface area contributed by atoms with Crippen LogP contribution in [0.3, 0.4) is 0 Å². The Balaban J connectivity index is 1.78. The van der Waals surface area contributed by atoms with Crippen LogP contribution in [0.15, 0.2) is 84.9 Å². The van der Waals surface area contributed by atoms with Crippen LogP contribution in [0.5, 0.6) is 5.75 Å². The molecule has 4 rings (SSSR count). The van der Waals surface area contributed by atoms with Crippen LogP contribution >= 0.6 is 0 Å². The number of benzene rings is 3.